The van der Waals surface area contributed by atoms with Crippen LogP contribution in [-0.4, -0.2) is 53.5 Å². The molecule has 1 aliphatic rings. The van der Waals surface area contributed by atoms with Crippen LogP contribution in [0, 0.1) is 5.41 Å². The first kappa shape index (κ1) is 23.3. The molecule has 2 amide bonds. The highest BCUT2D eigenvalue weighted by molar-refractivity contribution is 5.87. The van der Waals surface area contributed by atoms with E-state index in [9.17, 15) is 19.5 Å². The smallest absolute Gasteiger partial charge is 0.407 e. The number of carboxylic acid groups (broad SMARTS) is 1. The predicted octanol–water partition coefficient (Wildman–Crippen LogP) is 2.50. The van der Waals surface area contributed by atoms with Gasteiger partial charge >= 0.3 is 12.1 Å². The Hall–Kier alpha value is -3.39. The lowest BCUT2D eigenvalue weighted by atomic mass is 9.86. The number of benzene rings is 2. The Morgan fingerprint density at radius 2 is 1.53 bits per heavy atom. The third-order valence-corrected chi connectivity index (χ3v) is 5.49. The van der Waals surface area contributed by atoms with Gasteiger partial charge < -0.3 is 25.6 Å². The van der Waals surface area contributed by atoms with Crippen molar-refractivity contribution < 1.29 is 29.3 Å². The van der Waals surface area contributed by atoms with Crippen molar-refractivity contribution in [3.63, 3.8) is 0 Å². The Bertz CT molecular complexity index is 968. The van der Waals surface area contributed by atoms with Gasteiger partial charge in [0, 0.05) is 5.92 Å². The van der Waals surface area contributed by atoms with E-state index in [0.29, 0.717) is 0 Å². The summed E-state index contributed by atoms with van der Waals surface area (Å²) in [4.78, 5) is 35.9. The van der Waals surface area contributed by atoms with Crippen LogP contribution in [-0.2, 0) is 14.3 Å². The van der Waals surface area contributed by atoms with E-state index in [1.165, 1.54) is 0 Å². The molecule has 2 aromatic rings. The average molecular weight is 440 g/mol. The topological polar surface area (TPSA) is 125 Å². The van der Waals surface area contributed by atoms with Crippen molar-refractivity contribution in [3.05, 3.63) is 59.7 Å². The molecular weight excluding hydrogens is 412 g/mol. The third-order valence-electron chi connectivity index (χ3n) is 5.49. The van der Waals surface area contributed by atoms with Gasteiger partial charge in [0.25, 0.3) is 0 Å². The van der Waals surface area contributed by atoms with Crippen LogP contribution >= 0.6 is 0 Å². The van der Waals surface area contributed by atoms with Gasteiger partial charge in [-0.3, -0.25) is 4.79 Å². The Balaban J connectivity index is 1.66. The molecule has 0 unspecified atom stereocenters. The first-order valence-electron chi connectivity index (χ1n) is 10.4. The van der Waals surface area contributed by atoms with Crippen LogP contribution in [0.2, 0.25) is 0 Å². The van der Waals surface area contributed by atoms with Gasteiger partial charge in [-0.05, 0) is 27.7 Å². The van der Waals surface area contributed by atoms with E-state index in [0.717, 1.165) is 22.3 Å². The number of ether oxygens (including phenoxy) is 1. The minimum Gasteiger partial charge on any atom is -0.479 e. The maximum Gasteiger partial charge on any atom is 0.407 e. The van der Waals surface area contributed by atoms with E-state index in [2.05, 4.69) is 10.6 Å². The van der Waals surface area contributed by atoms with Gasteiger partial charge in [-0.1, -0.05) is 69.3 Å². The second-order valence-electron chi connectivity index (χ2n) is 8.87. The third kappa shape index (κ3) is 5.08. The molecule has 0 bridgehead atoms. The fourth-order valence-corrected chi connectivity index (χ4v) is 3.82. The summed E-state index contributed by atoms with van der Waals surface area (Å²) in [6.07, 6.45) is -2.48. The molecule has 1 aliphatic carbocycles. The molecule has 32 heavy (non-hydrogen) atoms. The fraction of sp³-hybridized carbons (Fsp3) is 0.375. The summed E-state index contributed by atoms with van der Waals surface area (Å²) >= 11 is 0. The van der Waals surface area contributed by atoms with Crippen LogP contribution < -0.4 is 10.6 Å². The largest absolute Gasteiger partial charge is 0.479 e. The number of carboxylic acids is 1. The highest BCUT2D eigenvalue weighted by atomic mass is 16.5. The van der Waals surface area contributed by atoms with Crippen LogP contribution in [0.5, 0.6) is 0 Å². The maximum atomic E-state index is 12.6. The number of aliphatic hydroxyl groups excluding tert-OH is 1. The van der Waals surface area contributed by atoms with Crippen molar-refractivity contribution in [2.24, 2.45) is 5.41 Å². The number of aliphatic hydroxyl groups is 1. The number of hydrogen-bond donors (Lipinski definition) is 4. The first-order valence-corrected chi connectivity index (χ1v) is 10.4. The molecule has 2 aromatic carbocycles. The molecule has 2 atom stereocenters. The van der Waals surface area contributed by atoms with Crippen molar-refractivity contribution in [3.8, 4) is 11.1 Å². The number of rotatable bonds is 7. The van der Waals surface area contributed by atoms with E-state index in [1.807, 2.05) is 48.5 Å². The molecule has 170 valence electrons. The summed E-state index contributed by atoms with van der Waals surface area (Å²) in [5.41, 5.74) is 3.70. The van der Waals surface area contributed by atoms with E-state index in [-0.39, 0.29) is 12.5 Å². The van der Waals surface area contributed by atoms with Crippen molar-refractivity contribution in [2.75, 3.05) is 13.2 Å². The highest BCUT2D eigenvalue weighted by Crippen LogP contribution is 2.44. The molecule has 0 saturated heterocycles. The predicted molar refractivity (Wildman–Crippen MR) is 118 cm³/mol. The summed E-state index contributed by atoms with van der Waals surface area (Å²) in [5, 5.41) is 23.1. The highest BCUT2D eigenvalue weighted by Gasteiger charge is 2.35. The molecular formula is C24H28N2O6. The Kier molecular flexibility index (Phi) is 6.84. The Labute approximate surface area is 186 Å². The summed E-state index contributed by atoms with van der Waals surface area (Å²) < 4.78 is 5.51. The summed E-state index contributed by atoms with van der Waals surface area (Å²) in [5.74, 6) is -2.16. The summed E-state index contributed by atoms with van der Waals surface area (Å²) in [6, 6.07) is 15.0. The molecule has 0 saturated carbocycles. The number of hydrogen-bond acceptors (Lipinski definition) is 5. The number of carbonyl (C=O) groups excluding carboxylic acids is 2. The lowest BCUT2D eigenvalue weighted by Gasteiger charge is -2.30. The molecule has 0 radical (unpaired) electrons. The number of amides is 2. The lowest BCUT2D eigenvalue weighted by molar-refractivity contribution is -0.146. The molecule has 0 aliphatic heterocycles. The van der Waals surface area contributed by atoms with Crippen LogP contribution in [0.4, 0.5) is 4.79 Å². The second kappa shape index (κ2) is 9.40. The first-order chi connectivity index (χ1) is 15.1. The van der Waals surface area contributed by atoms with E-state index in [1.54, 1.807) is 20.8 Å². The minimum atomic E-state index is -1.73. The zero-order valence-electron chi connectivity index (χ0n) is 18.3. The summed E-state index contributed by atoms with van der Waals surface area (Å²) in [7, 11) is 0. The van der Waals surface area contributed by atoms with Crippen molar-refractivity contribution in [2.45, 2.75) is 38.8 Å². The molecule has 0 aromatic heterocycles. The van der Waals surface area contributed by atoms with E-state index in [4.69, 9.17) is 9.84 Å². The Morgan fingerprint density at radius 1 is 1.00 bits per heavy atom. The normalized spacial score (nSPS) is 14.6. The monoisotopic (exact) mass is 440 g/mol. The SMILES string of the molecule is CC(C)(C)[C@@H](NC(=O)OCC1c2ccccc2-c2ccccc21)C(=O)NC[C@H](O)C(=O)O. The molecule has 0 spiro atoms. The molecule has 8 heteroatoms. The number of aliphatic carboxylic acids is 1. The second-order valence-corrected chi connectivity index (χ2v) is 8.87. The standard InChI is InChI=1S/C24H28N2O6/c1-24(2,3)20(21(28)25-12-19(27)22(29)30)26-23(31)32-13-18-16-10-6-4-8-14(16)15-9-5-7-11-17(15)18/h4-11,18-20,27H,12-13H2,1-3H3,(H,25,28)(H,26,31)(H,29,30)/t19-,20-/m0/s1. The van der Waals surface area contributed by atoms with Gasteiger partial charge in [0.1, 0.15) is 12.6 Å². The number of carbonyl (C=O) groups is 3. The number of alkyl carbamates (subject to hydrolysis) is 1. The van der Waals surface area contributed by atoms with Crippen molar-refractivity contribution in [1.29, 1.82) is 0 Å². The lowest BCUT2D eigenvalue weighted by Crippen LogP contribution is -2.55. The zero-order valence-corrected chi connectivity index (χ0v) is 18.3. The van der Waals surface area contributed by atoms with Gasteiger partial charge in [0.2, 0.25) is 5.91 Å². The molecule has 3 rings (SSSR count). The number of nitrogens with one attached hydrogen (secondary N) is 2. The van der Waals surface area contributed by atoms with Gasteiger partial charge in [-0.15, -0.1) is 0 Å². The molecule has 0 heterocycles. The van der Waals surface area contributed by atoms with Gasteiger partial charge in [0.05, 0.1) is 6.54 Å². The Morgan fingerprint density at radius 3 is 2.03 bits per heavy atom. The molecule has 8 nitrogen and oxygen atoms in total. The molecule has 0 fully saturated rings. The van der Waals surface area contributed by atoms with Crippen molar-refractivity contribution in [1.82, 2.24) is 10.6 Å². The maximum absolute atomic E-state index is 12.6. The van der Waals surface area contributed by atoms with E-state index >= 15 is 0 Å². The zero-order chi connectivity index (χ0) is 23.5. The van der Waals surface area contributed by atoms with Gasteiger partial charge in [-0.25, -0.2) is 9.59 Å². The minimum absolute atomic E-state index is 0.107. The average Bonchev–Trinajstić information content (AvgIpc) is 3.07. The van der Waals surface area contributed by atoms with Gasteiger partial charge in [-0.2, -0.15) is 0 Å². The van der Waals surface area contributed by atoms with Gasteiger partial charge in [0.15, 0.2) is 6.10 Å². The van der Waals surface area contributed by atoms with Crippen LogP contribution in [0.3, 0.4) is 0 Å². The molecule has 4 N–H and O–H groups in total. The van der Waals surface area contributed by atoms with Crippen molar-refractivity contribution >= 4 is 18.0 Å². The summed E-state index contributed by atoms with van der Waals surface area (Å²) in [6.45, 7) is 4.92. The van der Waals surface area contributed by atoms with E-state index < -0.39 is 42.1 Å². The number of fused-ring (bicyclic) bond motifs is 3. The van der Waals surface area contributed by atoms with Crippen LogP contribution in [0.25, 0.3) is 11.1 Å². The fourth-order valence-electron chi connectivity index (χ4n) is 3.82. The van der Waals surface area contributed by atoms with Crippen LogP contribution in [0.15, 0.2) is 48.5 Å². The quantitative estimate of drug-likeness (QED) is 0.524. The van der Waals surface area contributed by atoms with Crippen LogP contribution in [0.1, 0.15) is 37.8 Å².